The van der Waals surface area contributed by atoms with Crippen LogP contribution in [0.5, 0.6) is 0 Å². The van der Waals surface area contributed by atoms with Crippen LogP contribution in [0.1, 0.15) is 53.9 Å². The second-order valence-electron chi connectivity index (χ2n) is 4.15. The Balaban J connectivity index is 2.56. The van der Waals surface area contributed by atoms with Gasteiger partial charge in [-0.15, -0.1) is 11.3 Å². The molecule has 0 aliphatic heterocycles. The lowest BCUT2D eigenvalue weighted by Crippen LogP contribution is -2.29. The first-order chi connectivity index (χ1) is 9.12. The second-order valence-corrected chi connectivity index (χ2v) is 5.01. The van der Waals surface area contributed by atoms with Crippen LogP contribution in [0.2, 0.25) is 0 Å². The molecule has 0 aromatic carbocycles. The Bertz CT molecular complexity index is 427. The minimum atomic E-state index is -0.480. The van der Waals surface area contributed by atoms with Gasteiger partial charge in [0.05, 0.1) is 6.61 Å². The molecule has 0 saturated carbocycles. The lowest BCUT2D eigenvalue weighted by Gasteiger charge is -2.12. The Morgan fingerprint density at radius 2 is 2.05 bits per heavy atom. The molecule has 19 heavy (non-hydrogen) atoms. The molecule has 0 spiro atoms. The summed E-state index contributed by atoms with van der Waals surface area (Å²) < 4.78 is 4.83. The number of nitrogens with one attached hydrogen (secondary N) is 1. The summed E-state index contributed by atoms with van der Waals surface area (Å²) in [5.74, 6) is -0.239. The zero-order chi connectivity index (χ0) is 14.3. The third-order valence-corrected chi connectivity index (χ3v) is 3.72. The molecule has 1 heterocycles. The van der Waals surface area contributed by atoms with Gasteiger partial charge in [0.15, 0.2) is 0 Å². The van der Waals surface area contributed by atoms with Crippen molar-refractivity contribution in [2.75, 3.05) is 13.2 Å². The lowest BCUT2D eigenvalue weighted by molar-refractivity contribution is 0.0526. The van der Waals surface area contributed by atoms with Crippen LogP contribution < -0.4 is 5.32 Å². The highest BCUT2D eigenvalue weighted by Crippen LogP contribution is 2.12. The summed E-state index contributed by atoms with van der Waals surface area (Å²) in [4.78, 5) is 27.3. The predicted molar refractivity (Wildman–Crippen MR) is 74.5 cm³/mol. The van der Waals surface area contributed by atoms with Crippen molar-refractivity contribution in [2.45, 2.75) is 33.6 Å². The number of ether oxygens (including phenoxy) is 1. The molecule has 0 bridgehead atoms. The molecule has 1 amide bonds. The summed E-state index contributed by atoms with van der Waals surface area (Å²) in [6.45, 7) is 6.87. The summed E-state index contributed by atoms with van der Waals surface area (Å²) in [6, 6.07) is 0. The second kappa shape index (κ2) is 7.89. The van der Waals surface area contributed by atoms with Gasteiger partial charge in [-0.1, -0.05) is 26.7 Å². The van der Waals surface area contributed by atoms with Crippen molar-refractivity contribution in [2.24, 2.45) is 5.92 Å². The molecule has 1 N–H and O–H groups in total. The van der Waals surface area contributed by atoms with Crippen LogP contribution in [-0.4, -0.2) is 30.0 Å². The molecule has 1 rings (SSSR count). The molecule has 6 heteroatoms. The Kier molecular flexibility index (Phi) is 6.49. The van der Waals surface area contributed by atoms with Gasteiger partial charge in [0, 0.05) is 11.9 Å². The molecule has 5 nitrogen and oxygen atoms in total. The fourth-order valence-electron chi connectivity index (χ4n) is 1.57. The standard InChI is InChI=1S/C13H20N2O3S/c1-4-9(5-2)7-14-11(16)10-8-19-12(15-10)13(17)18-6-3/h8-9H,4-7H2,1-3H3,(H,14,16). The highest BCUT2D eigenvalue weighted by molar-refractivity contribution is 7.11. The molecule has 106 valence electrons. The number of carbonyl (C=O) groups excluding carboxylic acids is 2. The summed E-state index contributed by atoms with van der Waals surface area (Å²) in [5, 5.41) is 4.63. The predicted octanol–water partition coefficient (Wildman–Crippen LogP) is 2.49. The third kappa shape index (κ3) is 4.63. The molecule has 0 atom stereocenters. The van der Waals surface area contributed by atoms with Gasteiger partial charge in [0.25, 0.3) is 5.91 Å². The van der Waals surface area contributed by atoms with Gasteiger partial charge in [0.1, 0.15) is 5.69 Å². The zero-order valence-corrected chi connectivity index (χ0v) is 12.4. The number of hydrogen-bond acceptors (Lipinski definition) is 5. The number of esters is 1. The largest absolute Gasteiger partial charge is 0.461 e. The van der Waals surface area contributed by atoms with Crippen molar-refractivity contribution in [3.05, 3.63) is 16.1 Å². The number of aromatic nitrogens is 1. The number of nitrogens with zero attached hydrogens (tertiary/aromatic N) is 1. The number of hydrogen-bond donors (Lipinski definition) is 1. The highest BCUT2D eigenvalue weighted by Gasteiger charge is 2.16. The average Bonchev–Trinajstić information content (AvgIpc) is 2.89. The van der Waals surface area contributed by atoms with Crippen LogP contribution in [0, 0.1) is 5.92 Å². The van der Waals surface area contributed by atoms with Crippen LogP contribution in [0.25, 0.3) is 0 Å². The van der Waals surface area contributed by atoms with Gasteiger partial charge >= 0.3 is 5.97 Å². The van der Waals surface area contributed by atoms with Crippen molar-refractivity contribution in [3.63, 3.8) is 0 Å². The summed E-state index contributed by atoms with van der Waals surface area (Å²) in [7, 11) is 0. The van der Waals surface area contributed by atoms with E-state index in [-0.39, 0.29) is 16.6 Å². The van der Waals surface area contributed by atoms with E-state index >= 15 is 0 Å². The van der Waals surface area contributed by atoms with Crippen molar-refractivity contribution < 1.29 is 14.3 Å². The van der Waals surface area contributed by atoms with Crippen molar-refractivity contribution >= 4 is 23.2 Å². The first-order valence-electron chi connectivity index (χ1n) is 6.53. The first kappa shape index (κ1) is 15.6. The third-order valence-electron chi connectivity index (χ3n) is 2.89. The molecule has 0 unspecified atom stereocenters. The monoisotopic (exact) mass is 284 g/mol. The molecular formula is C13H20N2O3S. The molecule has 0 saturated heterocycles. The SMILES string of the molecule is CCOC(=O)c1nc(C(=O)NCC(CC)CC)cs1. The maximum atomic E-state index is 11.9. The van der Waals surface area contributed by atoms with Crippen molar-refractivity contribution in [1.82, 2.24) is 10.3 Å². The van der Waals surface area contributed by atoms with E-state index < -0.39 is 5.97 Å². The Hall–Kier alpha value is -1.43. The quantitative estimate of drug-likeness (QED) is 0.781. The Labute approximate surface area is 117 Å². The van der Waals surface area contributed by atoms with Gasteiger partial charge in [-0.25, -0.2) is 9.78 Å². The van der Waals surface area contributed by atoms with E-state index in [9.17, 15) is 9.59 Å². The molecule has 0 aliphatic rings. The fraction of sp³-hybridized carbons (Fsp3) is 0.615. The van der Waals surface area contributed by atoms with Crippen LogP contribution in [0.15, 0.2) is 5.38 Å². The van der Waals surface area contributed by atoms with Gasteiger partial charge in [0.2, 0.25) is 5.01 Å². The van der Waals surface area contributed by atoms with Crippen LogP contribution in [0.4, 0.5) is 0 Å². The number of thiazole rings is 1. The summed E-state index contributed by atoms with van der Waals surface area (Å²) in [5.41, 5.74) is 0.277. The van der Waals surface area contributed by atoms with Gasteiger partial charge in [-0.2, -0.15) is 0 Å². The number of amides is 1. The van der Waals surface area contributed by atoms with E-state index in [1.165, 1.54) is 0 Å². The Morgan fingerprint density at radius 3 is 2.63 bits per heavy atom. The van der Waals surface area contributed by atoms with Crippen molar-refractivity contribution in [1.29, 1.82) is 0 Å². The fourth-order valence-corrected chi connectivity index (χ4v) is 2.26. The molecule has 1 aromatic rings. The van der Waals surface area contributed by atoms with Crippen LogP contribution in [-0.2, 0) is 4.74 Å². The minimum Gasteiger partial charge on any atom is -0.461 e. The number of rotatable bonds is 7. The van der Waals surface area contributed by atoms with E-state index in [2.05, 4.69) is 24.1 Å². The molecule has 1 aromatic heterocycles. The normalized spacial score (nSPS) is 10.5. The Morgan fingerprint density at radius 1 is 1.37 bits per heavy atom. The summed E-state index contributed by atoms with van der Waals surface area (Å²) >= 11 is 1.13. The molecule has 0 radical (unpaired) electrons. The topological polar surface area (TPSA) is 68.3 Å². The average molecular weight is 284 g/mol. The lowest BCUT2D eigenvalue weighted by atomic mass is 10.0. The van der Waals surface area contributed by atoms with E-state index in [4.69, 9.17) is 4.74 Å². The zero-order valence-electron chi connectivity index (χ0n) is 11.6. The molecular weight excluding hydrogens is 264 g/mol. The minimum absolute atomic E-state index is 0.217. The van der Waals surface area contributed by atoms with Crippen LogP contribution >= 0.6 is 11.3 Å². The van der Waals surface area contributed by atoms with E-state index in [0.29, 0.717) is 19.1 Å². The van der Waals surface area contributed by atoms with Gasteiger partial charge in [-0.05, 0) is 12.8 Å². The molecule has 0 fully saturated rings. The first-order valence-corrected chi connectivity index (χ1v) is 7.41. The smallest absolute Gasteiger partial charge is 0.367 e. The highest BCUT2D eigenvalue weighted by atomic mass is 32.1. The molecule has 0 aliphatic carbocycles. The van der Waals surface area contributed by atoms with E-state index in [0.717, 1.165) is 24.2 Å². The number of carbonyl (C=O) groups is 2. The van der Waals surface area contributed by atoms with E-state index in [1.54, 1.807) is 12.3 Å². The summed E-state index contributed by atoms with van der Waals surface area (Å²) in [6.07, 6.45) is 2.06. The van der Waals surface area contributed by atoms with Crippen molar-refractivity contribution in [3.8, 4) is 0 Å². The maximum Gasteiger partial charge on any atom is 0.367 e. The van der Waals surface area contributed by atoms with Crippen LogP contribution in [0.3, 0.4) is 0 Å². The van der Waals surface area contributed by atoms with Gasteiger partial charge in [-0.3, -0.25) is 4.79 Å². The van der Waals surface area contributed by atoms with E-state index in [1.807, 2.05) is 0 Å². The maximum absolute atomic E-state index is 11.9. The van der Waals surface area contributed by atoms with Gasteiger partial charge < -0.3 is 10.1 Å².